The Kier molecular flexibility index (Phi) is 2.75. The first kappa shape index (κ1) is 13.1. The van der Waals surface area contributed by atoms with E-state index in [0.29, 0.717) is 10.9 Å². The van der Waals surface area contributed by atoms with Gasteiger partial charge in [0.15, 0.2) is 5.58 Å². The molecule has 0 saturated heterocycles. The second kappa shape index (κ2) is 4.82. The first-order valence-corrected chi connectivity index (χ1v) is 8.45. The number of benzene rings is 3. The maximum absolute atomic E-state index is 6.02. The highest BCUT2D eigenvalue weighted by Gasteiger charge is 2.11. The van der Waals surface area contributed by atoms with Crippen LogP contribution < -0.4 is 0 Å². The summed E-state index contributed by atoms with van der Waals surface area (Å²) in [6.45, 7) is 0. The molecule has 0 N–H and O–H groups in total. The minimum absolute atomic E-state index is 0.624. The van der Waals surface area contributed by atoms with Crippen LogP contribution in [0.15, 0.2) is 65.1 Å². The number of fused-ring (bicyclic) bond motifs is 4. The average Bonchev–Trinajstić information content (AvgIpc) is 3.14. The van der Waals surface area contributed by atoms with Crippen LogP contribution in [0.4, 0.5) is 0 Å². The maximum atomic E-state index is 6.02. The van der Waals surface area contributed by atoms with Crippen molar-refractivity contribution in [2.24, 2.45) is 0 Å². The van der Waals surface area contributed by atoms with Crippen LogP contribution in [0.1, 0.15) is 0 Å². The summed E-state index contributed by atoms with van der Waals surface area (Å²) in [5, 5.41) is 3.17. The second-order valence-electron chi connectivity index (χ2n) is 5.44. The van der Waals surface area contributed by atoms with Crippen LogP contribution in [-0.2, 0) is 0 Å². The van der Waals surface area contributed by atoms with E-state index in [1.807, 2.05) is 18.2 Å². The molecule has 0 aliphatic rings. The van der Waals surface area contributed by atoms with Gasteiger partial charge in [0, 0.05) is 30.8 Å². The lowest BCUT2D eigenvalue weighted by Crippen LogP contribution is -1.76. The van der Waals surface area contributed by atoms with E-state index in [1.54, 1.807) is 11.3 Å². The van der Waals surface area contributed by atoms with E-state index in [2.05, 4.69) is 47.4 Å². The number of aromatic nitrogens is 1. The third-order valence-electron chi connectivity index (χ3n) is 3.97. The fourth-order valence-electron chi connectivity index (χ4n) is 2.88. The zero-order chi connectivity index (χ0) is 15.4. The number of halogens is 1. The third kappa shape index (κ3) is 2.05. The van der Waals surface area contributed by atoms with E-state index < -0.39 is 0 Å². The molecule has 0 radical (unpaired) electrons. The molecule has 2 heterocycles. The molecule has 0 amide bonds. The Labute approximate surface area is 140 Å². The Bertz CT molecular complexity index is 1190. The zero-order valence-corrected chi connectivity index (χ0v) is 13.5. The molecule has 110 valence electrons. The van der Waals surface area contributed by atoms with E-state index in [9.17, 15) is 0 Å². The summed E-state index contributed by atoms with van der Waals surface area (Å²) >= 11 is 7.83. The number of thiophene rings is 1. The van der Waals surface area contributed by atoms with Gasteiger partial charge in [-0.1, -0.05) is 29.8 Å². The highest BCUT2D eigenvalue weighted by atomic mass is 35.5. The SMILES string of the molecule is Clc1ccc2oc(-c3ccc4sc5ccccc5c4c3)nc2c1. The molecule has 2 nitrogen and oxygen atoms in total. The molecule has 0 aliphatic carbocycles. The molecule has 0 spiro atoms. The fourth-order valence-corrected chi connectivity index (χ4v) is 4.14. The summed E-state index contributed by atoms with van der Waals surface area (Å²) in [5.41, 5.74) is 2.51. The molecule has 0 aliphatic heterocycles. The van der Waals surface area contributed by atoms with Crippen molar-refractivity contribution >= 4 is 54.2 Å². The van der Waals surface area contributed by atoms with Crippen LogP contribution in [0.3, 0.4) is 0 Å². The molecule has 0 fully saturated rings. The molecule has 23 heavy (non-hydrogen) atoms. The number of rotatable bonds is 1. The third-order valence-corrected chi connectivity index (χ3v) is 5.36. The van der Waals surface area contributed by atoms with Gasteiger partial charge in [0.2, 0.25) is 5.89 Å². The Balaban J connectivity index is 1.76. The molecule has 4 heteroatoms. The molecular formula is C19H10ClNOS. The lowest BCUT2D eigenvalue weighted by atomic mass is 10.1. The van der Waals surface area contributed by atoms with E-state index >= 15 is 0 Å². The van der Waals surface area contributed by atoms with Crippen molar-refractivity contribution in [3.63, 3.8) is 0 Å². The van der Waals surface area contributed by atoms with Gasteiger partial charge in [-0.05, 0) is 42.5 Å². The fraction of sp³-hybridized carbons (Fsp3) is 0. The van der Waals surface area contributed by atoms with E-state index in [1.165, 1.54) is 20.2 Å². The van der Waals surface area contributed by atoms with Crippen molar-refractivity contribution in [2.45, 2.75) is 0 Å². The number of oxazole rings is 1. The quantitative estimate of drug-likeness (QED) is 0.348. The van der Waals surface area contributed by atoms with Gasteiger partial charge in [0.1, 0.15) is 5.52 Å². The van der Waals surface area contributed by atoms with Crippen LogP contribution in [0.2, 0.25) is 5.02 Å². The Morgan fingerprint density at radius 2 is 1.74 bits per heavy atom. The smallest absolute Gasteiger partial charge is 0.227 e. The van der Waals surface area contributed by atoms with Gasteiger partial charge in [0.05, 0.1) is 0 Å². The van der Waals surface area contributed by atoms with Crippen molar-refractivity contribution < 1.29 is 4.42 Å². The minimum atomic E-state index is 0.624. The Morgan fingerprint density at radius 1 is 0.870 bits per heavy atom. The van der Waals surface area contributed by atoms with Gasteiger partial charge in [-0.3, -0.25) is 0 Å². The van der Waals surface area contributed by atoms with Crippen LogP contribution in [0, 0.1) is 0 Å². The standard InChI is InChI=1S/C19H10ClNOS/c20-12-6-7-16-15(10-12)21-19(22-16)11-5-8-18-14(9-11)13-3-1-2-4-17(13)23-18/h1-10H. The highest BCUT2D eigenvalue weighted by molar-refractivity contribution is 7.25. The molecule has 5 aromatic rings. The largest absolute Gasteiger partial charge is 0.436 e. The minimum Gasteiger partial charge on any atom is -0.436 e. The molecule has 2 aromatic heterocycles. The summed E-state index contributed by atoms with van der Waals surface area (Å²) in [6, 6.07) is 20.3. The molecule has 5 rings (SSSR count). The first-order valence-electron chi connectivity index (χ1n) is 7.26. The van der Waals surface area contributed by atoms with Crippen LogP contribution in [0.25, 0.3) is 42.7 Å². The number of hydrogen-bond acceptors (Lipinski definition) is 3. The zero-order valence-electron chi connectivity index (χ0n) is 11.9. The molecular weight excluding hydrogens is 326 g/mol. The summed E-state index contributed by atoms with van der Waals surface area (Å²) in [6.07, 6.45) is 0. The van der Waals surface area contributed by atoms with Crippen molar-refractivity contribution in [3.05, 3.63) is 65.7 Å². The summed E-state index contributed by atoms with van der Waals surface area (Å²) in [5.74, 6) is 0.624. The van der Waals surface area contributed by atoms with E-state index in [-0.39, 0.29) is 0 Å². The molecule has 0 saturated carbocycles. The molecule has 0 unspecified atom stereocenters. The lowest BCUT2D eigenvalue weighted by molar-refractivity contribution is 0.620. The van der Waals surface area contributed by atoms with Gasteiger partial charge in [-0.25, -0.2) is 4.98 Å². The lowest BCUT2D eigenvalue weighted by Gasteiger charge is -1.96. The molecule has 3 aromatic carbocycles. The summed E-state index contributed by atoms with van der Waals surface area (Å²) in [7, 11) is 0. The Morgan fingerprint density at radius 3 is 2.70 bits per heavy atom. The van der Waals surface area contributed by atoms with E-state index in [4.69, 9.17) is 16.0 Å². The summed E-state index contributed by atoms with van der Waals surface area (Å²) < 4.78 is 8.45. The molecule has 0 bridgehead atoms. The first-order chi connectivity index (χ1) is 11.3. The highest BCUT2D eigenvalue weighted by Crippen LogP contribution is 2.36. The van der Waals surface area contributed by atoms with Crippen molar-refractivity contribution in [1.82, 2.24) is 4.98 Å². The normalized spacial score (nSPS) is 11.7. The topological polar surface area (TPSA) is 26.0 Å². The number of hydrogen-bond donors (Lipinski definition) is 0. The van der Waals surface area contributed by atoms with Gasteiger partial charge in [0.25, 0.3) is 0 Å². The van der Waals surface area contributed by atoms with Crippen molar-refractivity contribution in [3.8, 4) is 11.5 Å². The summed E-state index contributed by atoms with van der Waals surface area (Å²) in [4.78, 5) is 4.57. The monoisotopic (exact) mass is 335 g/mol. The predicted molar refractivity (Wildman–Crippen MR) is 97.3 cm³/mol. The van der Waals surface area contributed by atoms with Crippen molar-refractivity contribution in [2.75, 3.05) is 0 Å². The average molecular weight is 336 g/mol. The van der Waals surface area contributed by atoms with Gasteiger partial charge < -0.3 is 4.42 Å². The Hall–Kier alpha value is -2.36. The molecule has 0 atom stereocenters. The van der Waals surface area contributed by atoms with Crippen LogP contribution in [0.5, 0.6) is 0 Å². The van der Waals surface area contributed by atoms with E-state index in [0.717, 1.165) is 16.7 Å². The predicted octanol–water partition coefficient (Wildman–Crippen LogP) is 6.52. The van der Waals surface area contributed by atoms with Gasteiger partial charge in [-0.15, -0.1) is 11.3 Å². The second-order valence-corrected chi connectivity index (χ2v) is 6.96. The van der Waals surface area contributed by atoms with Crippen molar-refractivity contribution in [1.29, 1.82) is 0 Å². The van der Waals surface area contributed by atoms with Gasteiger partial charge >= 0.3 is 0 Å². The number of nitrogens with zero attached hydrogens (tertiary/aromatic N) is 1. The van der Waals surface area contributed by atoms with Gasteiger partial charge in [-0.2, -0.15) is 0 Å². The maximum Gasteiger partial charge on any atom is 0.227 e. The van der Waals surface area contributed by atoms with Crippen LogP contribution >= 0.6 is 22.9 Å². The van der Waals surface area contributed by atoms with Crippen LogP contribution in [-0.4, -0.2) is 4.98 Å².